The van der Waals surface area contributed by atoms with E-state index in [1.165, 1.54) is 4.68 Å². The molecule has 6 heteroatoms. The monoisotopic (exact) mass is 355 g/mol. The minimum Gasteiger partial charge on any atom is -0.352 e. The van der Waals surface area contributed by atoms with Crippen molar-refractivity contribution < 1.29 is 4.79 Å². The average Bonchev–Trinajstić information content (AvgIpc) is 3.25. The molecule has 1 amide bonds. The van der Waals surface area contributed by atoms with Crippen molar-refractivity contribution in [1.82, 2.24) is 15.1 Å². The maximum absolute atomic E-state index is 13.1. The summed E-state index contributed by atoms with van der Waals surface area (Å²) in [5.74, 6) is -0.125. The molecule has 3 aromatic rings. The summed E-state index contributed by atoms with van der Waals surface area (Å²) < 4.78 is 3.33. The van der Waals surface area contributed by atoms with Gasteiger partial charge in [-0.1, -0.05) is 31.0 Å². The Morgan fingerprint density at radius 2 is 2.04 bits per heavy atom. The fourth-order valence-corrected chi connectivity index (χ4v) is 4.78. The van der Waals surface area contributed by atoms with E-state index in [2.05, 4.69) is 10.4 Å². The van der Waals surface area contributed by atoms with Gasteiger partial charge < -0.3 is 5.32 Å². The zero-order chi connectivity index (χ0) is 17.6. The number of hydrogen-bond acceptors (Lipinski definition) is 4. The molecular formula is C19H21N3O2S. The molecular weight excluding hydrogens is 334 g/mol. The third kappa shape index (κ3) is 2.74. The molecule has 25 heavy (non-hydrogen) atoms. The van der Waals surface area contributed by atoms with Crippen molar-refractivity contribution in [1.29, 1.82) is 0 Å². The molecule has 0 spiro atoms. The summed E-state index contributed by atoms with van der Waals surface area (Å²) in [6.45, 7) is 3.65. The highest BCUT2D eigenvalue weighted by Gasteiger charge is 2.24. The lowest BCUT2D eigenvalue weighted by atomic mass is 10.2. The molecule has 130 valence electrons. The van der Waals surface area contributed by atoms with Gasteiger partial charge in [0.1, 0.15) is 6.04 Å². The van der Waals surface area contributed by atoms with Gasteiger partial charge in [0, 0.05) is 16.1 Å². The Balaban J connectivity index is 1.79. The second-order valence-electron chi connectivity index (χ2n) is 6.80. The number of aryl methyl sites for hydroxylation is 1. The number of nitrogens with zero attached hydrogens (tertiary/aromatic N) is 2. The van der Waals surface area contributed by atoms with Crippen LogP contribution in [-0.4, -0.2) is 21.7 Å². The molecule has 1 saturated carbocycles. The van der Waals surface area contributed by atoms with Gasteiger partial charge in [0.15, 0.2) is 0 Å². The summed E-state index contributed by atoms with van der Waals surface area (Å²) in [5, 5.41) is 9.13. The first kappa shape index (κ1) is 16.3. The van der Waals surface area contributed by atoms with Crippen molar-refractivity contribution in [3.63, 3.8) is 0 Å². The van der Waals surface area contributed by atoms with Gasteiger partial charge in [-0.2, -0.15) is 5.10 Å². The molecule has 1 aliphatic carbocycles. The number of hydrogen-bond donors (Lipinski definition) is 1. The van der Waals surface area contributed by atoms with E-state index < -0.39 is 6.04 Å². The Hall–Kier alpha value is -2.21. The molecule has 4 rings (SSSR count). The first-order valence-corrected chi connectivity index (χ1v) is 9.59. The van der Waals surface area contributed by atoms with E-state index in [9.17, 15) is 9.59 Å². The van der Waals surface area contributed by atoms with Crippen molar-refractivity contribution >= 4 is 37.4 Å². The molecule has 0 saturated heterocycles. The largest absolute Gasteiger partial charge is 0.352 e. The van der Waals surface area contributed by atoms with E-state index >= 15 is 0 Å². The summed E-state index contributed by atoms with van der Waals surface area (Å²) in [5.41, 5.74) is 0.600. The van der Waals surface area contributed by atoms with Crippen LogP contribution in [0.2, 0.25) is 0 Å². The van der Waals surface area contributed by atoms with Crippen LogP contribution >= 0.6 is 11.3 Å². The molecule has 1 unspecified atom stereocenters. The standard InChI is InChI=1S/C19H21N3O2S/c1-11-17-16(14-9-5-6-10-15(14)25-17)19(24)22(21-11)12(2)18(23)20-13-7-3-4-8-13/h5-6,9-10,12-13H,3-4,7-8H2,1-2H3,(H,20,23). The molecule has 1 aliphatic rings. The van der Waals surface area contributed by atoms with Crippen LogP contribution < -0.4 is 10.9 Å². The van der Waals surface area contributed by atoms with Crippen LogP contribution in [0.1, 0.15) is 44.3 Å². The average molecular weight is 355 g/mol. The fraction of sp³-hybridized carbons (Fsp3) is 0.421. The minimum atomic E-state index is -0.616. The van der Waals surface area contributed by atoms with E-state index in [-0.39, 0.29) is 17.5 Å². The Morgan fingerprint density at radius 3 is 2.80 bits per heavy atom. The molecule has 1 N–H and O–H groups in total. The number of carbonyl (C=O) groups is 1. The van der Waals surface area contributed by atoms with Crippen LogP contribution in [0.15, 0.2) is 29.1 Å². The fourth-order valence-electron chi connectivity index (χ4n) is 3.65. The number of thiophene rings is 1. The molecule has 1 aromatic carbocycles. The highest BCUT2D eigenvalue weighted by molar-refractivity contribution is 7.26. The number of rotatable bonds is 3. The lowest BCUT2D eigenvalue weighted by Gasteiger charge is -2.18. The zero-order valence-corrected chi connectivity index (χ0v) is 15.2. The quantitative estimate of drug-likeness (QED) is 0.781. The van der Waals surface area contributed by atoms with Crippen molar-refractivity contribution in [3.8, 4) is 0 Å². The lowest BCUT2D eigenvalue weighted by molar-refractivity contribution is -0.124. The SMILES string of the molecule is Cc1nn(C(C)C(=O)NC2CCCC2)c(=O)c2c1sc1ccccc12. The molecule has 0 bridgehead atoms. The number of benzene rings is 1. The number of amides is 1. The van der Waals surface area contributed by atoms with E-state index in [1.54, 1.807) is 18.3 Å². The Morgan fingerprint density at radius 1 is 1.32 bits per heavy atom. The number of fused-ring (bicyclic) bond motifs is 3. The predicted octanol–water partition coefficient (Wildman–Crippen LogP) is 3.54. The van der Waals surface area contributed by atoms with Crippen LogP contribution in [0.25, 0.3) is 20.2 Å². The molecule has 5 nitrogen and oxygen atoms in total. The Kier molecular flexibility index (Phi) is 4.07. The van der Waals surface area contributed by atoms with E-state index in [1.807, 2.05) is 31.2 Å². The third-order valence-corrected chi connectivity index (χ3v) is 6.33. The van der Waals surface area contributed by atoms with Crippen molar-refractivity contribution in [2.24, 2.45) is 0 Å². The normalized spacial score (nSPS) is 16.6. The van der Waals surface area contributed by atoms with Gasteiger partial charge in [-0.05, 0) is 32.8 Å². The topological polar surface area (TPSA) is 64.0 Å². The van der Waals surface area contributed by atoms with Crippen LogP contribution in [0.3, 0.4) is 0 Å². The summed E-state index contributed by atoms with van der Waals surface area (Å²) in [7, 11) is 0. The Labute approximate surface area is 149 Å². The second-order valence-corrected chi connectivity index (χ2v) is 7.86. The maximum atomic E-state index is 13.1. The molecule has 0 radical (unpaired) electrons. The van der Waals surface area contributed by atoms with Crippen molar-refractivity contribution in [2.75, 3.05) is 0 Å². The first-order valence-electron chi connectivity index (χ1n) is 8.77. The Bertz CT molecular complexity index is 1010. The number of carbonyl (C=O) groups excluding carboxylic acids is 1. The van der Waals surface area contributed by atoms with Crippen LogP contribution in [-0.2, 0) is 4.79 Å². The highest BCUT2D eigenvalue weighted by atomic mass is 32.1. The van der Waals surface area contributed by atoms with Gasteiger partial charge in [-0.25, -0.2) is 4.68 Å². The summed E-state index contributed by atoms with van der Waals surface area (Å²) >= 11 is 1.58. The van der Waals surface area contributed by atoms with E-state index in [0.29, 0.717) is 5.39 Å². The number of nitrogens with one attached hydrogen (secondary N) is 1. The second kappa shape index (κ2) is 6.26. The van der Waals surface area contributed by atoms with Crippen LogP contribution in [0.4, 0.5) is 0 Å². The third-order valence-electron chi connectivity index (χ3n) is 5.05. The van der Waals surface area contributed by atoms with Gasteiger partial charge in [0.25, 0.3) is 5.56 Å². The van der Waals surface area contributed by atoms with Crippen LogP contribution in [0.5, 0.6) is 0 Å². The van der Waals surface area contributed by atoms with Crippen LogP contribution in [0, 0.1) is 6.92 Å². The summed E-state index contributed by atoms with van der Waals surface area (Å²) in [6.07, 6.45) is 4.36. The van der Waals surface area contributed by atoms with Crippen molar-refractivity contribution in [2.45, 2.75) is 51.6 Å². The van der Waals surface area contributed by atoms with Gasteiger partial charge in [0.2, 0.25) is 5.91 Å². The van der Waals surface area contributed by atoms with Crippen molar-refractivity contribution in [3.05, 3.63) is 40.3 Å². The van der Waals surface area contributed by atoms with Gasteiger partial charge >= 0.3 is 0 Å². The summed E-state index contributed by atoms with van der Waals surface area (Å²) in [4.78, 5) is 25.7. The predicted molar refractivity (Wildman–Crippen MR) is 101 cm³/mol. The zero-order valence-electron chi connectivity index (χ0n) is 14.4. The highest BCUT2D eigenvalue weighted by Crippen LogP contribution is 2.32. The van der Waals surface area contributed by atoms with E-state index in [0.717, 1.165) is 46.2 Å². The molecule has 2 aromatic heterocycles. The lowest BCUT2D eigenvalue weighted by Crippen LogP contribution is -2.41. The smallest absolute Gasteiger partial charge is 0.276 e. The first-order chi connectivity index (χ1) is 12.1. The molecule has 1 fully saturated rings. The van der Waals surface area contributed by atoms with Gasteiger partial charge in [-0.3, -0.25) is 9.59 Å². The molecule has 2 heterocycles. The molecule has 1 atom stereocenters. The molecule has 0 aliphatic heterocycles. The maximum Gasteiger partial charge on any atom is 0.276 e. The minimum absolute atomic E-state index is 0.125. The van der Waals surface area contributed by atoms with E-state index in [4.69, 9.17) is 0 Å². The van der Waals surface area contributed by atoms with Gasteiger partial charge in [-0.15, -0.1) is 11.3 Å². The summed E-state index contributed by atoms with van der Waals surface area (Å²) in [6, 6.07) is 7.50. The van der Waals surface area contributed by atoms with Gasteiger partial charge in [0.05, 0.1) is 15.8 Å². The number of aromatic nitrogens is 2.